The summed E-state index contributed by atoms with van der Waals surface area (Å²) < 4.78 is 0. The van der Waals surface area contributed by atoms with Gasteiger partial charge in [0.1, 0.15) is 0 Å². The van der Waals surface area contributed by atoms with Gasteiger partial charge in [0.05, 0.1) is 6.54 Å². The van der Waals surface area contributed by atoms with Crippen LogP contribution in [0, 0.1) is 5.92 Å². The maximum absolute atomic E-state index is 12.4. The Kier molecular flexibility index (Phi) is 6.68. The van der Waals surface area contributed by atoms with Crippen molar-refractivity contribution in [3.05, 3.63) is 0 Å². The highest BCUT2D eigenvalue weighted by atomic mass is 16.4. The molecule has 0 aliphatic heterocycles. The Morgan fingerprint density at radius 3 is 2.23 bits per heavy atom. The third-order valence-corrected chi connectivity index (χ3v) is 5.20. The smallest absolute Gasteiger partial charge is 0.317 e. The number of aliphatic carboxylic acids is 1. The van der Waals surface area contributed by atoms with Crippen molar-refractivity contribution in [2.24, 2.45) is 5.92 Å². The SMILES string of the molecule is CCN(CC(=O)O)C1CC(NC(=O)C2CCCCCCC2)C1. The highest BCUT2D eigenvalue weighted by molar-refractivity contribution is 5.79. The normalized spacial score (nSPS) is 26.8. The molecule has 0 spiro atoms. The van der Waals surface area contributed by atoms with Gasteiger partial charge in [0.25, 0.3) is 0 Å². The van der Waals surface area contributed by atoms with E-state index in [2.05, 4.69) is 5.32 Å². The molecule has 0 saturated heterocycles. The quantitative estimate of drug-likeness (QED) is 0.790. The third kappa shape index (κ3) is 4.97. The van der Waals surface area contributed by atoms with Gasteiger partial charge < -0.3 is 10.4 Å². The fourth-order valence-corrected chi connectivity index (χ4v) is 3.71. The van der Waals surface area contributed by atoms with Gasteiger partial charge in [-0.15, -0.1) is 0 Å². The molecule has 2 saturated carbocycles. The van der Waals surface area contributed by atoms with Gasteiger partial charge in [-0.3, -0.25) is 14.5 Å². The number of likely N-dealkylation sites (N-methyl/N-ethyl adjacent to an activating group) is 1. The zero-order chi connectivity index (χ0) is 15.9. The molecule has 0 radical (unpaired) electrons. The Morgan fingerprint density at radius 2 is 1.68 bits per heavy atom. The number of carboxylic acids is 1. The van der Waals surface area contributed by atoms with Crippen molar-refractivity contribution >= 4 is 11.9 Å². The number of hydrogen-bond donors (Lipinski definition) is 2. The molecule has 2 N–H and O–H groups in total. The van der Waals surface area contributed by atoms with Crippen LogP contribution in [-0.2, 0) is 9.59 Å². The number of amides is 1. The fourth-order valence-electron chi connectivity index (χ4n) is 3.71. The monoisotopic (exact) mass is 310 g/mol. The van der Waals surface area contributed by atoms with Crippen molar-refractivity contribution in [1.82, 2.24) is 10.2 Å². The molecule has 0 aromatic heterocycles. The van der Waals surface area contributed by atoms with Crippen LogP contribution >= 0.6 is 0 Å². The molecule has 2 rings (SSSR count). The molecule has 2 aliphatic carbocycles. The number of nitrogens with one attached hydrogen (secondary N) is 1. The Morgan fingerprint density at radius 1 is 1.09 bits per heavy atom. The maximum atomic E-state index is 12.4. The molecule has 2 aliphatic rings. The molecular formula is C17H30N2O3. The van der Waals surface area contributed by atoms with E-state index in [1.54, 1.807) is 0 Å². The zero-order valence-corrected chi connectivity index (χ0v) is 13.7. The molecule has 0 heterocycles. The topological polar surface area (TPSA) is 69.6 Å². The minimum atomic E-state index is -0.774. The first-order valence-electron chi connectivity index (χ1n) is 8.86. The van der Waals surface area contributed by atoms with Crippen LogP contribution in [0.2, 0.25) is 0 Å². The van der Waals surface area contributed by atoms with Gasteiger partial charge in [0.2, 0.25) is 5.91 Å². The highest BCUT2D eigenvalue weighted by Crippen LogP contribution is 2.27. The average Bonchev–Trinajstić information content (AvgIpc) is 2.39. The molecule has 2 fully saturated rings. The van der Waals surface area contributed by atoms with Crippen LogP contribution in [0.1, 0.15) is 64.7 Å². The lowest BCUT2D eigenvalue weighted by atomic mass is 9.84. The summed E-state index contributed by atoms with van der Waals surface area (Å²) in [5.74, 6) is -0.351. The van der Waals surface area contributed by atoms with Crippen molar-refractivity contribution in [3.63, 3.8) is 0 Å². The summed E-state index contributed by atoms with van der Waals surface area (Å²) >= 11 is 0. The van der Waals surface area contributed by atoms with E-state index in [-0.39, 0.29) is 24.4 Å². The van der Waals surface area contributed by atoms with Crippen molar-refractivity contribution in [2.45, 2.75) is 76.8 Å². The van der Waals surface area contributed by atoms with Crippen LogP contribution in [0.25, 0.3) is 0 Å². The summed E-state index contributed by atoms with van der Waals surface area (Å²) in [5.41, 5.74) is 0. The van der Waals surface area contributed by atoms with Gasteiger partial charge in [-0.05, 0) is 32.2 Å². The molecule has 0 unspecified atom stereocenters. The van der Waals surface area contributed by atoms with Gasteiger partial charge >= 0.3 is 5.97 Å². The first-order chi connectivity index (χ1) is 10.6. The number of carboxylic acid groups (broad SMARTS) is 1. The lowest BCUT2D eigenvalue weighted by molar-refractivity contribution is -0.140. The summed E-state index contributed by atoms with van der Waals surface area (Å²) in [6.07, 6.45) is 10.0. The second-order valence-electron chi connectivity index (χ2n) is 6.83. The van der Waals surface area contributed by atoms with Crippen LogP contribution in [0.5, 0.6) is 0 Å². The number of hydrogen-bond acceptors (Lipinski definition) is 3. The molecule has 0 aromatic rings. The van der Waals surface area contributed by atoms with Crippen LogP contribution in [0.3, 0.4) is 0 Å². The molecule has 0 aromatic carbocycles. The van der Waals surface area contributed by atoms with Crippen LogP contribution in [0.15, 0.2) is 0 Å². The molecule has 5 heteroatoms. The second-order valence-corrected chi connectivity index (χ2v) is 6.83. The number of carbonyl (C=O) groups is 2. The van der Waals surface area contributed by atoms with Gasteiger partial charge in [0, 0.05) is 18.0 Å². The van der Waals surface area contributed by atoms with Crippen molar-refractivity contribution in [1.29, 1.82) is 0 Å². The van der Waals surface area contributed by atoms with E-state index in [1.165, 1.54) is 32.1 Å². The minimum absolute atomic E-state index is 0.102. The molecule has 5 nitrogen and oxygen atoms in total. The van der Waals surface area contributed by atoms with Crippen molar-refractivity contribution in [2.75, 3.05) is 13.1 Å². The van der Waals surface area contributed by atoms with Gasteiger partial charge in [-0.2, -0.15) is 0 Å². The molecule has 1 amide bonds. The third-order valence-electron chi connectivity index (χ3n) is 5.20. The Labute approximate surface area is 133 Å². The van der Waals surface area contributed by atoms with Crippen LogP contribution < -0.4 is 5.32 Å². The Hall–Kier alpha value is -1.10. The summed E-state index contributed by atoms with van der Waals surface area (Å²) in [6, 6.07) is 0.550. The average molecular weight is 310 g/mol. The predicted octanol–water partition coefficient (Wildman–Crippen LogP) is 2.40. The van der Waals surface area contributed by atoms with E-state index in [0.717, 1.165) is 32.2 Å². The lowest BCUT2D eigenvalue weighted by Gasteiger charge is -2.42. The zero-order valence-electron chi connectivity index (χ0n) is 13.7. The minimum Gasteiger partial charge on any atom is -0.480 e. The van der Waals surface area contributed by atoms with Crippen LogP contribution in [-0.4, -0.2) is 47.1 Å². The Balaban J connectivity index is 1.71. The standard InChI is InChI=1S/C17H30N2O3/c1-2-19(12-16(20)21)15-10-14(11-15)18-17(22)13-8-6-4-3-5-7-9-13/h13-15H,2-12H2,1H3,(H,18,22)(H,20,21). The summed E-state index contributed by atoms with van der Waals surface area (Å²) in [4.78, 5) is 25.2. The maximum Gasteiger partial charge on any atom is 0.317 e. The van der Waals surface area contributed by atoms with E-state index in [9.17, 15) is 9.59 Å². The summed E-state index contributed by atoms with van der Waals surface area (Å²) in [6.45, 7) is 2.84. The number of carbonyl (C=O) groups excluding carboxylic acids is 1. The van der Waals surface area contributed by atoms with Gasteiger partial charge in [-0.1, -0.05) is 39.0 Å². The van der Waals surface area contributed by atoms with Crippen molar-refractivity contribution in [3.8, 4) is 0 Å². The van der Waals surface area contributed by atoms with Gasteiger partial charge in [0.15, 0.2) is 0 Å². The molecule has 0 atom stereocenters. The first kappa shape index (κ1) is 17.3. The molecule has 126 valence electrons. The van der Waals surface area contributed by atoms with E-state index in [0.29, 0.717) is 6.04 Å². The lowest BCUT2D eigenvalue weighted by Crippen LogP contribution is -2.55. The van der Waals surface area contributed by atoms with E-state index in [1.807, 2.05) is 11.8 Å². The largest absolute Gasteiger partial charge is 0.480 e. The first-order valence-corrected chi connectivity index (χ1v) is 8.86. The van der Waals surface area contributed by atoms with E-state index in [4.69, 9.17) is 5.11 Å². The molecule has 22 heavy (non-hydrogen) atoms. The Bertz CT molecular complexity index is 372. The summed E-state index contributed by atoms with van der Waals surface area (Å²) in [7, 11) is 0. The molecular weight excluding hydrogens is 280 g/mol. The highest BCUT2D eigenvalue weighted by Gasteiger charge is 2.35. The van der Waals surface area contributed by atoms with E-state index < -0.39 is 5.97 Å². The van der Waals surface area contributed by atoms with Crippen molar-refractivity contribution < 1.29 is 14.7 Å². The second kappa shape index (κ2) is 8.51. The van der Waals surface area contributed by atoms with E-state index >= 15 is 0 Å². The fraction of sp³-hybridized carbons (Fsp3) is 0.882. The number of nitrogens with zero attached hydrogens (tertiary/aromatic N) is 1. The van der Waals surface area contributed by atoms with Crippen LogP contribution in [0.4, 0.5) is 0 Å². The summed E-state index contributed by atoms with van der Waals surface area (Å²) in [5, 5.41) is 12.1. The molecule has 0 bridgehead atoms. The van der Waals surface area contributed by atoms with Gasteiger partial charge in [-0.25, -0.2) is 0 Å². The predicted molar refractivity (Wildman–Crippen MR) is 85.6 cm³/mol. The number of rotatable bonds is 6.